The minimum absolute atomic E-state index is 0.197. The Kier molecular flexibility index (Phi) is 4.33. The lowest BCUT2D eigenvalue weighted by atomic mass is 9.98. The lowest BCUT2D eigenvalue weighted by molar-refractivity contribution is 0.317. The van der Waals surface area contributed by atoms with Gasteiger partial charge in [-0.15, -0.1) is 0 Å². The van der Waals surface area contributed by atoms with Crippen molar-refractivity contribution in [2.24, 2.45) is 0 Å². The summed E-state index contributed by atoms with van der Waals surface area (Å²) in [7, 11) is 0. The van der Waals surface area contributed by atoms with Crippen molar-refractivity contribution >= 4 is 16.6 Å². The third kappa shape index (κ3) is 3.50. The van der Waals surface area contributed by atoms with Crippen LogP contribution in [0.1, 0.15) is 44.9 Å². The van der Waals surface area contributed by atoms with Crippen LogP contribution in [0.25, 0.3) is 10.9 Å². The molecule has 0 spiro atoms. The van der Waals surface area contributed by atoms with Gasteiger partial charge in [-0.3, -0.25) is 4.98 Å². The van der Waals surface area contributed by atoms with Crippen LogP contribution in [0.4, 0.5) is 5.69 Å². The van der Waals surface area contributed by atoms with Gasteiger partial charge < -0.3 is 10.2 Å². The molecule has 0 atom stereocenters. The number of rotatable bonds is 2. The van der Waals surface area contributed by atoms with Crippen LogP contribution in [-0.4, -0.2) is 29.7 Å². The van der Waals surface area contributed by atoms with Crippen molar-refractivity contribution in [2.45, 2.75) is 59.0 Å². The van der Waals surface area contributed by atoms with Crippen molar-refractivity contribution < 1.29 is 0 Å². The SMILES string of the molecule is Cc1nc2ccccc2c(N2CCC(NC(C)(C)C)CC2)c1C. The summed E-state index contributed by atoms with van der Waals surface area (Å²) in [6.07, 6.45) is 2.40. The van der Waals surface area contributed by atoms with Gasteiger partial charge in [0, 0.05) is 35.8 Å². The summed E-state index contributed by atoms with van der Waals surface area (Å²) >= 11 is 0. The highest BCUT2D eigenvalue weighted by Gasteiger charge is 2.25. The lowest BCUT2D eigenvalue weighted by Gasteiger charge is -2.38. The van der Waals surface area contributed by atoms with Crippen LogP contribution in [-0.2, 0) is 0 Å². The zero-order valence-corrected chi connectivity index (χ0v) is 15.1. The van der Waals surface area contributed by atoms with Gasteiger partial charge in [-0.25, -0.2) is 0 Å². The first-order valence-electron chi connectivity index (χ1n) is 8.74. The van der Waals surface area contributed by atoms with Crippen molar-refractivity contribution in [3.8, 4) is 0 Å². The van der Waals surface area contributed by atoms with Crippen molar-refractivity contribution in [1.29, 1.82) is 0 Å². The number of aromatic nitrogens is 1. The number of para-hydroxylation sites is 1. The summed E-state index contributed by atoms with van der Waals surface area (Å²) in [5.41, 5.74) is 5.17. The monoisotopic (exact) mass is 311 g/mol. The molecule has 1 saturated heterocycles. The van der Waals surface area contributed by atoms with E-state index in [1.165, 1.54) is 29.5 Å². The van der Waals surface area contributed by atoms with E-state index < -0.39 is 0 Å². The molecular formula is C20H29N3. The van der Waals surface area contributed by atoms with Gasteiger partial charge in [0.2, 0.25) is 0 Å². The summed E-state index contributed by atoms with van der Waals surface area (Å²) in [4.78, 5) is 7.32. The second-order valence-electron chi connectivity index (χ2n) is 7.84. The zero-order chi connectivity index (χ0) is 16.6. The number of piperidine rings is 1. The molecule has 1 aromatic heterocycles. The number of hydrogen-bond donors (Lipinski definition) is 1. The van der Waals surface area contributed by atoms with Crippen LogP contribution < -0.4 is 10.2 Å². The summed E-state index contributed by atoms with van der Waals surface area (Å²) in [5.74, 6) is 0. The van der Waals surface area contributed by atoms with Crippen molar-refractivity contribution in [3.05, 3.63) is 35.5 Å². The van der Waals surface area contributed by atoms with E-state index in [0.717, 1.165) is 24.3 Å². The van der Waals surface area contributed by atoms with Crippen LogP contribution in [0.5, 0.6) is 0 Å². The summed E-state index contributed by atoms with van der Waals surface area (Å²) < 4.78 is 0. The molecule has 1 N–H and O–H groups in total. The number of anilines is 1. The Balaban J connectivity index is 1.86. The number of nitrogens with zero attached hydrogens (tertiary/aromatic N) is 2. The highest BCUT2D eigenvalue weighted by molar-refractivity contribution is 5.93. The predicted molar refractivity (Wildman–Crippen MR) is 99.3 cm³/mol. The van der Waals surface area contributed by atoms with Gasteiger partial charge in [-0.2, -0.15) is 0 Å². The Morgan fingerprint density at radius 1 is 1.09 bits per heavy atom. The molecule has 3 heteroatoms. The highest BCUT2D eigenvalue weighted by atomic mass is 15.2. The smallest absolute Gasteiger partial charge is 0.0726 e. The fraction of sp³-hybridized carbons (Fsp3) is 0.550. The molecule has 0 amide bonds. The normalized spacial score (nSPS) is 17.0. The summed E-state index contributed by atoms with van der Waals surface area (Å²) in [6, 6.07) is 9.16. The van der Waals surface area contributed by atoms with Gasteiger partial charge in [-0.05, 0) is 59.1 Å². The van der Waals surface area contributed by atoms with E-state index in [1.54, 1.807) is 0 Å². The fourth-order valence-corrected chi connectivity index (χ4v) is 3.68. The molecule has 1 aliphatic rings. The van der Waals surface area contributed by atoms with Gasteiger partial charge in [-0.1, -0.05) is 18.2 Å². The van der Waals surface area contributed by atoms with E-state index in [2.05, 4.69) is 69.1 Å². The lowest BCUT2D eigenvalue weighted by Crippen LogP contribution is -2.49. The number of nitrogens with one attached hydrogen (secondary N) is 1. The summed E-state index contributed by atoms with van der Waals surface area (Å²) in [5, 5.41) is 5.04. The zero-order valence-electron chi connectivity index (χ0n) is 15.1. The molecule has 0 saturated carbocycles. The van der Waals surface area contributed by atoms with Crippen LogP contribution in [0, 0.1) is 13.8 Å². The third-order valence-corrected chi connectivity index (χ3v) is 4.79. The highest BCUT2D eigenvalue weighted by Crippen LogP contribution is 2.33. The molecule has 0 bridgehead atoms. The Morgan fingerprint density at radius 2 is 1.74 bits per heavy atom. The van der Waals surface area contributed by atoms with E-state index in [-0.39, 0.29) is 5.54 Å². The Hall–Kier alpha value is -1.61. The Bertz CT molecular complexity index is 692. The second-order valence-corrected chi connectivity index (χ2v) is 7.84. The quantitative estimate of drug-likeness (QED) is 0.900. The Morgan fingerprint density at radius 3 is 2.39 bits per heavy atom. The Labute approximate surface area is 140 Å². The van der Waals surface area contributed by atoms with Gasteiger partial charge in [0.25, 0.3) is 0 Å². The predicted octanol–water partition coefficient (Wildman–Crippen LogP) is 4.21. The molecule has 23 heavy (non-hydrogen) atoms. The van der Waals surface area contributed by atoms with Crippen molar-refractivity contribution in [3.63, 3.8) is 0 Å². The summed E-state index contributed by atoms with van der Waals surface area (Å²) in [6.45, 7) is 13.3. The minimum Gasteiger partial charge on any atom is -0.371 e. The minimum atomic E-state index is 0.197. The topological polar surface area (TPSA) is 28.2 Å². The van der Waals surface area contributed by atoms with Gasteiger partial charge in [0.15, 0.2) is 0 Å². The first-order chi connectivity index (χ1) is 10.8. The number of aryl methyl sites for hydroxylation is 1. The largest absolute Gasteiger partial charge is 0.371 e. The fourth-order valence-electron chi connectivity index (χ4n) is 3.68. The maximum Gasteiger partial charge on any atom is 0.0726 e. The average molecular weight is 311 g/mol. The molecule has 0 aliphatic carbocycles. The molecule has 0 unspecified atom stereocenters. The van der Waals surface area contributed by atoms with Gasteiger partial charge in [0.1, 0.15) is 0 Å². The van der Waals surface area contributed by atoms with Crippen LogP contribution in [0.2, 0.25) is 0 Å². The molecular weight excluding hydrogens is 282 g/mol. The number of fused-ring (bicyclic) bond motifs is 1. The van der Waals surface area contributed by atoms with E-state index >= 15 is 0 Å². The maximum atomic E-state index is 4.76. The van der Waals surface area contributed by atoms with E-state index in [0.29, 0.717) is 6.04 Å². The maximum absolute atomic E-state index is 4.76. The van der Waals surface area contributed by atoms with Crippen LogP contribution in [0.15, 0.2) is 24.3 Å². The van der Waals surface area contributed by atoms with E-state index in [1.807, 2.05) is 0 Å². The molecule has 2 aromatic rings. The van der Waals surface area contributed by atoms with Gasteiger partial charge in [0.05, 0.1) is 11.2 Å². The second kappa shape index (κ2) is 6.12. The van der Waals surface area contributed by atoms with E-state index in [9.17, 15) is 0 Å². The molecule has 1 aromatic carbocycles. The van der Waals surface area contributed by atoms with Crippen molar-refractivity contribution in [2.75, 3.05) is 18.0 Å². The number of pyridine rings is 1. The van der Waals surface area contributed by atoms with Crippen LogP contribution >= 0.6 is 0 Å². The molecule has 124 valence electrons. The first-order valence-corrected chi connectivity index (χ1v) is 8.74. The molecule has 3 rings (SSSR count). The standard InChI is InChI=1S/C20H29N3/c1-14-15(2)21-18-9-7-6-8-17(18)19(14)23-12-10-16(11-13-23)22-20(3,4)5/h6-9,16,22H,10-13H2,1-5H3. The average Bonchev–Trinajstić information content (AvgIpc) is 2.48. The van der Waals surface area contributed by atoms with E-state index in [4.69, 9.17) is 4.98 Å². The molecule has 1 aliphatic heterocycles. The first kappa shape index (κ1) is 16.3. The number of benzene rings is 1. The number of hydrogen-bond acceptors (Lipinski definition) is 3. The molecule has 3 nitrogen and oxygen atoms in total. The molecule has 0 radical (unpaired) electrons. The molecule has 2 heterocycles. The molecule has 1 fully saturated rings. The van der Waals surface area contributed by atoms with Crippen LogP contribution in [0.3, 0.4) is 0 Å². The third-order valence-electron chi connectivity index (χ3n) is 4.79. The van der Waals surface area contributed by atoms with Crippen molar-refractivity contribution in [1.82, 2.24) is 10.3 Å². The van der Waals surface area contributed by atoms with Gasteiger partial charge >= 0.3 is 0 Å².